The molecule has 2 amide bonds. The molecule has 6 rings (SSSR count). The Kier molecular flexibility index (Phi) is 5.76. The number of allylic oxidation sites excluding steroid dienone is 6. The number of aromatic hydroxyl groups is 1. The van der Waals surface area contributed by atoms with Crippen LogP contribution in [0.4, 0.5) is 10.1 Å². The molecule has 4 unspecified atom stereocenters. The van der Waals surface area contributed by atoms with Gasteiger partial charge >= 0.3 is 5.97 Å². The first-order valence-corrected chi connectivity index (χ1v) is 13.0. The number of Topliss-reactive ketones (excluding diaryl/α,β-unsaturated/α-hetero) is 1. The van der Waals surface area contributed by atoms with Gasteiger partial charge in [0.2, 0.25) is 11.8 Å². The second-order valence-corrected chi connectivity index (χ2v) is 10.8. The van der Waals surface area contributed by atoms with Gasteiger partial charge in [0.1, 0.15) is 0 Å². The number of hydrogen-bond donors (Lipinski definition) is 2. The molecule has 1 fully saturated rings. The van der Waals surface area contributed by atoms with E-state index in [4.69, 9.17) is 0 Å². The second kappa shape index (κ2) is 8.94. The fraction of sp³-hybridized carbons (Fsp3) is 0.207. The Labute approximate surface area is 229 Å². The molecule has 0 radical (unpaired) electrons. The maximum atomic E-state index is 14.5. The van der Waals surface area contributed by atoms with Crippen molar-refractivity contribution >= 4 is 51.0 Å². The number of phenolic OH excluding ortho intramolecular Hbond substituents is 1. The lowest BCUT2D eigenvalue weighted by atomic mass is 9.59. The summed E-state index contributed by atoms with van der Waals surface area (Å²) in [5, 5.41) is 20.0. The van der Waals surface area contributed by atoms with E-state index in [-0.39, 0.29) is 45.3 Å². The lowest BCUT2D eigenvalue weighted by molar-refractivity contribution is -0.123. The molecule has 8 nitrogen and oxygen atoms in total. The molecule has 0 saturated carbocycles. The fourth-order valence-electron chi connectivity index (χ4n) is 6.36. The van der Waals surface area contributed by atoms with E-state index in [1.54, 1.807) is 6.08 Å². The van der Waals surface area contributed by atoms with Crippen LogP contribution in [0.15, 0.2) is 75.8 Å². The number of carbonyl (C=O) groups excluding carboxylic acids is 4. The number of phenols is 1. The highest BCUT2D eigenvalue weighted by atomic mass is 79.9. The van der Waals surface area contributed by atoms with Gasteiger partial charge in [0.05, 0.1) is 27.6 Å². The average molecular weight is 592 g/mol. The van der Waals surface area contributed by atoms with Crippen molar-refractivity contribution < 1.29 is 38.6 Å². The smallest absolute Gasteiger partial charge is 0.335 e. The van der Waals surface area contributed by atoms with Crippen LogP contribution in [0.2, 0.25) is 0 Å². The highest BCUT2D eigenvalue weighted by Crippen LogP contribution is 2.56. The van der Waals surface area contributed by atoms with Crippen LogP contribution in [-0.2, 0) is 19.2 Å². The predicted molar refractivity (Wildman–Crippen MR) is 139 cm³/mol. The number of carboxylic acid groups (broad SMARTS) is 1. The molecule has 1 aliphatic heterocycles. The molecule has 2 aromatic rings. The van der Waals surface area contributed by atoms with Gasteiger partial charge in [0, 0.05) is 28.7 Å². The number of amides is 2. The van der Waals surface area contributed by atoms with Gasteiger partial charge in [0.25, 0.3) is 0 Å². The normalized spacial score (nSPS) is 26.2. The lowest BCUT2D eigenvalue weighted by Gasteiger charge is -2.42. The minimum atomic E-state index is -1.21. The molecule has 2 N–H and O–H groups in total. The highest BCUT2D eigenvalue weighted by Gasteiger charge is 2.57. The van der Waals surface area contributed by atoms with Crippen molar-refractivity contribution in [2.75, 3.05) is 4.90 Å². The Morgan fingerprint density at radius 2 is 1.77 bits per heavy atom. The van der Waals surface area contributed by atoms with Crippen molar-refractivity contribution in [3.05, 3.63) is 92.8 Å². The van der Waals surface area contributed by atoms with E-state index < -0.39 is 64.6 Å². The van der Waals surface area contributed by atoms with Crippen LogP contribution in [0, 0.1) is 23.6 Å². The first-order chi connectivity index (χ1) is 18.6. The third kappa shape index (κ3) is 3.65. The van der Waals surface area contributed by atoms with Crippen molar-refractivity contribution in [3.63, 3.8) is 0 Å². The van der Waals surface area contributed by atoms with Gasteiger partial charge in [-0.2, -0.15) is 0 Å². The number of carbonyl (C=O) groups is 5. The maximum Gasteiger partial charge on any atom is 0.335 e. The first-order valence-electron chi connectivity index (χ1n) is 12.2. The summed E-state index contributed by atoms with van der Waals surface area (Å²) < 4.78 is 14.5. The quantitative estimate of drug-likeness (QED) is 0.311. The van der Waals surface area contributed by atoms with E-state index in [0.29, 0.717) is 5.57 Å². The largest absolute Gasteiger partial charge is 0.505 e. The molecule has 4 aliphatic rings. The van der Waals surface area contributed by atoms with Crippen molar-refractivity contribution in [1.29, 1.82) is 0 Å². The SMILES string of the molecule is O=C1C=C(Br)C(=O)C2=C1C(c1cccc(F)c1O)C1=CCC3C(=O)N(c4cccc(C(=O)O)c4)C(=O)C3C1C2. The predicted octanol–water partition coefficient (Wildman–Crippen LogP) is 4.20. The van der Waals surface area contributed by atoms with Gasteiger partial charge in [-0.15, -0.1) is 0 Å². The summed E-state index contributed by atoms with van der Waals surface area (Å²) in [7, 11) is 0. The minimum absolute atomic E-state index is 0.00441. The van der Waals surface area contributed by atoms with Crippen molar-refractivity contribution in [2.24, 2.45) is 17.8 Å². The van der Waals surface area contributed by atoms with E-state index in [0.717, 1.165) is 17.0 Å². The molecule has 0 spiro atoms. The standard InChI is InChI=1S/C29H19BrFNO7/c30-19-11-21(33)24-18(25(19)34)10-17-14(22(24)15-5-2-6-20(31)26(15)35)7-8-16-23(17)28(37)32(27(16)36)13-4-1-3-12(9-13)29(38)39/h1-7,9,11,16-17,22-23,35H,8,10H2,(H,38,39). The van der Waals surface area contributed by atoms with E-state index in [1.807, 2.05) is 0 Å². The number of imide groups is 1. The van der Waals surface area contributed by atoms with Gasteiger partial charge in [-0.3, -0.25) is 24.1 Å². The molecule has 10 heteroatoms. The molecule has 2 aromatic carbocycles. The first kappa shape index (κ1) is 25.1. The summed E-state index contributed by atoms with van der Waals surface area (Å²) in [5.74, 6) is -8.04. The molecule has 1 saturated heterocycles. The zero-order valence-electron chi connectivity index (χ0n) is 20.1. The minimum Gasteiger partial charge on any atom is -0.505 e. The summed E-state index contributed by atoms with van der Waals surface area (Å²) in [6.07, 6.45) is 3.05. The highest BCUT2D eigenvalue weighted by molar-refractivity contribution is 9.12. The van der Waals surface area contributed by atoms with Crippen LogP contribution < -0.4 is 4.90 Å². The van der Waals surface area contributed by atoms with E-state index >= 15 is 0 Å². The van der Waals surface area contributed by atoms with Crippen molar-refractivity contribution in [2.45, 2.75) is 18.8 Å². The Morgan fingerprint density at radius 3 is 2.51 bits per heavy atom. The molecule has 0 bridgehead atoms. The molecule has 1 heterocycles. The summed E-state index contributed by atoms with van der Waals surface area (Å²) in [6.45, 7) is 0. The van der Waals surface area contributed by atoms with E-state index in [1.165, 1.54) is 36.4 Å². The molecular weight excluding hydrogens is 573 g/mol. The Hall–Kier alpha value is -4.18. The lowest BCUT2D eigenvalue weighted by Crippen LogP contribution is -2.39. The topological polar surface area (TPSA) is 129 Å². The summed E-state index contributed by atoms with van der Waals surface area (Å²) in [4.78, 5) is 66.3. The van der Waals surface area contributed by atoms with Crippen molar-refractivity contribution in [1.82, 2.24) is 0 Å². The molecule has 196 valence electrons. The number of ketones is 2. The van der Waals surface area contributed by atoms with Gasteiger partial charge < -0.3 is 10.2 Å². The van der Waals surface area contributed by atoms with Crippen LogP contribution in [0.3, 0.4) is 0 Å². The number of anilines is 1. The summed E-state index contributed by atoms with van der Waals surface area (Å²) >= 11 is 3.14. The molecule has 4 atom stereocenters. The third-order valence-corrected chi connectivity index (χ3v) is 8.60. The molecule has 39 heavy (non-hydrogen) atoms. The fourth-order valence-corrected chi connectivity index (χ4v) is 6.81. The number of fused-ring (bicyclic) bond motifs is 3. The van der Waals surface area contributed by atoms with E-state index in [2.05, 4.69) is 15.9 Å². The maximum absolute atomic E-state index is 14.5. The molecule has 0 aromatic heterocycles. The van der Waals surface area contributed by atoms with Crippen LogP contribution in [0.25, 0.3) is 0 Å². The monoisotopic (exact) mass is 591 g/mol. The Morgan fingerprint density at radius 1 is 1.03 bits per heavy atom. The van der Waals surface area contributed by atoms with E-state index in [9.17, 15) is 38.6 Å². The zero-order chi connectivity index (χ0) is 27.7. The number of halogens is 2. The Bertz CT molecular complexity index is 1640. The molecular formula is C29H19BrFNO7. The number of benzene rings is 2. The number of aromatic carboxylic acids is 1. The number of para-hydroxylation sites is 1. The molecule has 3 aliphatic carbocycles. The Balaban J connectivity index is 1.49. The van der Waals surface area contributed by atoms with Gasteiger partial charge in [0.15, 0.2) is 23.1 Å². The third-order valence-electron chi connectivity index (χ3n) is 8.01. The van der Waals surface area contributed by atoms with Crippen molar-refractivity contribution in [3.8, 4) is 5.75 Å². The average Bonchev–Trinajstić information content (AvgIpc) is 3.17. The zero-order valence-corrected chi connectivity index (χ0v) is 21.6. The van der Waals surface area contributed by atoms with Gasteiger partial charge in [-0.25, -0.2) is 9.18 Å². The number of carboxylic acids is 1. The number of hydrogen-bond acceptors (Lipinski definition) is 6. The van der Waals surface area contributed by atoms with Crippen LogP contribution >= 0.6 is 15.9 Å². The summed E-state index contributed by atoms with van der Waals surface area (Å²) in [5.41, 5.74) is 0.965. The van der Waals surface area contributed by atoms with Crippen LogP contribution in [0.1, 0.15) is 34.7 Å². The van der Waals surface area contributed by atoms with Crippen LogP contribution in [0.5, 0.6) is 5.75 Å². The van der Waals surface area contributed by atoms with Gasteiger partial charge in [-0.05, 0) is 59.0 Å². The number of rotatable bonds is 3. The number of nitrogens with zero attached hydrogens (tertiary/aromatic N) is 1. The summed E-state index contributed by atoms with van der Waals surface area (Å²) in [6, 6.07) is 9.47. The van der Waals surface area contributed by atoms with Gasteiger partial charge in [-0.1, -0.05) is 29.8 Å². The second-order valence-electron chi connectivity index (χ2n) is 9.94. The van der Waals surface area contributed by atoms with Crippen LogP contribution in [-0.4, -0.2) is 39.6 Å².